The van der Waals surface area contributed by atoms with Crippen molar-refractivity contribution in [1.29, 1.82) is 0 Å². The van der Waals surface area contributed by atoms with Crippen molar-refractivity contribution in [3.8, 4) is 0 Å². The summed E-state index contributed by atoms with van der Waals surface area (Å²) in [6.07, 6.45) is 4.10. The minimum atomic E-state index is -0.465. The summed E-state index contributed by atoms with van der Waals surface area (Å²) >= 11 is 0. The molecule has 2 unspecified atom stereocenters. The van der Waals surface area contributed by atoms with Gasteiger partial charge in [0.2, 0.25) is 5.95 Å². The fraction of sp³-hybridized carbons (Fsp3) is 0.636. The number of nitrogens with one attached hydrogen (secondary N) is 2. The van der Waals surface area contributed by atoms with E-state index in [0.29, 0.717) is 5.95 Å². The van der Waals surface area contributed by atoms with E-state index in [0.717, 1.165) is 25.5 Å². The lowest BCUT2D eigenvalue weighted by molar-refractivity contribution is 0.222. The molecular formula is C11H17FN4O. The van der Waals surface area contributed by atoms with E-state index in [4.69, 9.17) is 0 Å². The number of anilines is 2. The van der Waals surface area contributed by atoms with Crippen molar-refractivity contribution in [1.82, 2.24) is 9.97 Å². The van der Waals surface area contributed by atoms with Crippen molar-refractivity contribution in [2.45, 2.75) is 25.3 Å². The maximum atomic E-state index is 13.5. The molecule has 0 amide bonds. The van der Waals surface area contributed by atoms with Gasteiger partial charge in [-0.25, -0.2) is 9.37 Å². The Labute approximate surface area is 99.5 Å². The molecule has 1 aliphatic rings. The number of rotatable bonds is 4. The SMILES string of the molecule is CNc1ncc(F)c(NC2CCCC2CO)n1. The molecule has 5 nitrogen and oxygen atoms in total. The molecule has 1 aliphatic carbocycles. The standard InChI is InChI=1S/C11H17FN4O/c1-13-11-14-5-8(12)10(16-11)15-9-4-2-3-7(9)6-17/h5,7,9,17H,2-4,6H2,1H3,(H2,13,14,15,16). The third kappa shape index (κ3) is 2.63. The lowest BCUT2D eigenvalue weighted by Crippen LogP contribution is -2.27. The van der Waals surface area contributed by atoms with Crippen LogP contribution in [0.2, 0.25) is 0 Å². The molecule has 0 spiro atoms. The summed E-state index contributed by atoms with van der Waals surface area (Å²) in [5.74, 6) is 0.303. The van der Waals surface area contributed by atoms with E-state index in [1.807, 2.05) is 0 Å². The third-order valence-corrected chi connectivity index (χ3v) is 3.18. The van der Waals surface area contributed by atoms with E-state index >= 15 is 0 Å². The molecule has 1 aromatic rings. The number of aromatic nitrogens is 2. The molecule has 0 aromatic carbocycles. The molecule has 94 valence electrons. The molecule has 17 heavy (non-hydrogen) atoms. The molecule has 3 N–H and O–H groups in total. The van der Waals surface area contributed by atoms with Crippen LogP contribution >= 0.6 is 0 Å². The van der Waals surface area contributed by atoms with Crippen LogP contribution in [0.3, 0.4) is 0 Å². The van der Waals surface area contributed by atoms with Crippen LogP contribution in [0.1, 0.15) is 19.3 Å². The summed E-state index contributed by atoms with van der Waals surface area (Å²) in [6.45, 7) is 0.128. The van der Waals surface area contributed by atoms with Crippen molar-refractivity contribution < 1.29 is 9.50 Å². The van der Waals surface area contributed by atoms with E-state index < -0.39 is 5.82 Å². The second-order valence-electron chi connectivity index (χ2n) is 4.26. The lowest BCUT2D eigenvalue weighted by atomic mass is 10.1. The van der Waals surface area contributed by atoms with Crippen LogP contribution in [0.5, 0.6) is 0 Å². The van der Waals surface area contributed by atoms with Crippen LogP contribution < -0.4 is 10.6 Å². The van der Waals surface area contributed by atoms with E-state index in [1.54, 1.807) is 7.05 Å². The summed E-state index contributed by atoms with van der Waals surface area (Å²) in [7, 11) is 1.68. The van der Waals surface area contributed by atoms with Gasteiger partial charge in [0.15, 0.2) is 11.6 Å². The molecule has 0 saturated heterocycles. The molecule has 0 bridgehead atoms. The van der Waals surface area contributed by atoms with E-state index in [2.05, 4.69) is 20.6 Å². The van der Waals surface area contributed by atoms with Gasteiger partial charge >= 0.3 is 0 Å². The minimum Gasteiger partial charge on any atom is -0.396 e. The van der Waals surface area contributed by atoms with Crippen molar-refractivity contribution in [2.24, 2.45) is 5.92 Å². The van der Waals surface area contributed by atoms with Gasteiger partial charge in [0, 0.05) is 25.6 Å². The number of aliphatic hydroxyl groups excluding tert-OH is 1. The van der Waals surface area contributed by atoms with E-state index in [9.17, 15) is 9.50 Å². The quantitative estimate of drug-likeness (QED) is 0.738. The van der Waals surface area contributed by atoms with Crippen molar-refractivity contribution in [3.05, 3.63) is 12.0 Å². The van der Waals surface area contributed by atoms with Gasteiger partial charge in [-0.1, -0.05) is 6.42 Å². The Kier molecular flexibility index (Phi) is 3.73. The molecule has 2 rings (SSSR count). The highest BCUT2D eigenvalue weighted by atomic mass is 19.1. The molecule has 6 heteroatoms. The van der Waals surface area contributed by atoms with Crippen LogP contribution in [0, 0.1) is 11.7 Å². The average molecular weight is 240 g/mol. The summed E-state index contributed by atoms with van der Waals surface area (Å²) in [5, 5.41) is 15.0. The lowest BCUT2D eigenvalue weighted by Gasteiger charge is -2.19. The van der Waals surface area contributed by atoms with E-state index in [-0.39, 0.29) is 24.4 Å². The minimum absolute atomic E-state index is 0.0918. The van der Waals surface area contributed by atoms with Gasteiger partial charge in [-0.2, -0.15) is 4.98 Å². The Morgan fingerprint density at radius 1 is 1.53 bits per heavy atom. The zero-order valence-electron chi connectivity index (χ0n) is 9.78. The Hall–Kier alpha value is -1.43. The molecule has 2 atom stereocenters. The van der Waals surface area contributed by atoms with Crippen LogP contribution in [-0.2, 0) is 0 Å². The summed E-state index contributed by atoms with van der Waals surface area (Å²) in [5.41, 5.74) is 0. The molecule has 1 aromatic heterocycles. The van der Waals surface area contributed by atoms with Crippen LogP contribution in [-0.4, -0.2) is 34.8 Å². The van der Waals surface area contributed by atoms with Crippen LogP contribution in [0.4, 0.5) is 16.2 Å². The summed E-state index contributed by atoms with van der Waals surface area (Å²) in [6, 6.07) is 0.0918. The summed E-state index contributed by atoms with van der Waals surface area (Å²) < 4.78 is 13.5. The molecule has 1 saturated carbocycles. The number of hydrogen-bond acceptors (Lipinski definition) is 5. The zero-order valence-corrected chi connectivity index (χ0v) is 9.78. The first-order valence-electron chi connectivity index (χ1n) is 5.82. The Balaban J connectivity index is 2.12. The molecule has 1 fully saturated rings. The molecular weight excluding hydrogens is 223 g/mol. The van der Waals surface area contributed by atoms with Gasteiger partial charge in [0.05, 0.1) is 6.20 Å². The number of halogens is 1. The largest absolute Gasteiger partial charge is 0.396 e. The monoisotopic (exact) mass is 240 g/mol. The van der Waals surface area contributed by atoms with Crippen molar-refractivity contribution in [3.63, 3.8) is 0 Å². The number of nitrogens with zero attached hydrogens (tertiary/aromatic N) is 2. The first-order chi connectivity index (χ1) is 8.24. The fourth-order valence-corrected chi connectivity index (χ4v) is 2.21. The smallest absolute Gasteiger partial charge is 0.224 e. The highest BCUT2D eigenvalue weighted by molar-refractivity contribution is 5.41. The summed E-state index contributed by atoms with van der Waals surface area (Å²) in [4.78, 5) is 7.82. The van der Waals surface area contributed by atoms with E-state index in [1.165, 1.54) is 0 Å². The predicted molar refractivity (Wildman–Crippen MR) is 63.4 cm³/mol. The Morgan fingerprint density at radius 2 is 2.35 bits per heavy atom. The topological polar surface area (TPSA) is 70.1 Å². The number of aliphatic hydroxyl groups is 1. The second kappa shape index (κ2) is 5.27. The number of hydrogen-bond donors (Lipinski definition) is 3. The predicted octanol–water partition coefficient (Wildman–Crippen LogP) is 1.23. The second-order valence-corrected chi connectivity index (χ2v) is 4.26. The first kappa shape index (κ1) is 12.0. The zero-order chi connectivity index (χ0) is 12.3. The first-order valence-corrected chi connectivity index (χ1v) is 5.82. The maximum absolute atomic E-state index is 13.5. The third-order valence-electron chi connectivity index (χ3n) is 3.18. The highest BCUT2D eigenvalue weighted by Gasteiger charge is 2.27. The van der Waals surface area contributed by atoms with Gasteiger partial charge in [-0.3, -0.25) is 0 Å². The Bertz CT molecular complexity index is 388. The average Bonchev–Trinajstić information content (AvgIpc) is 2.79. The van der Waals surface area contributed by atoms with Crippen LogP contribution in [0.15, 0.2) is 6.20 Å². The molecule has 1 heterocycles. The van der Waals surface area contributed by atoms with Crippen LogP contribution in [0.25, 0.3) is 0 Å². The van der Waals surface area contributed by atoms with Gasteiger partial charge < -0.3 is 15.7 Å². The van der Waals surface area contributed by atoms with Gasteiger partial charge in [0.25, 0.3) is 0 Å². The van der Waals surface area contributed by atoms with Gasteiger partial charge in [-0.05, 0) is 12.8 Å². The van der Waals surface area contributed by atoms with Crippen molar-refractivity contribution >= 4 is 11.8 Å². The van der Waals surface area contributed by atoms with Gasteiger partial charge in [-0.15, -0.1) is 0 Å². The Morgan fingerprint density at radius 3 is 3.06 bits per heavy atom. The molecule has 0 radical (unpaired) electrons. The molecule has 0 aliphatic heterocycles. The fourth-order valence-electron chi connectivity index (χ4n) is 2.21. The normalized spacial score (nSPS) is 23.7. The maximum Gasteiger partial charge on any atom is 0.224 e. The highest BCUT2D eigenvalue weighted by Crippen LogP contribution is 2.28. The van der Waals surface area contributed by atoms with Gasteiger partial charge in [0.1, 0.15) is 0 Å². The van der Waals surface area contributed by atoms with Crippen molar-refractivity contribution in [2.75, 3.05) is 24.3 Å².